The summed E-state index contributed by atoms with van der Waals surface area (Å²) in [5.41, 5.74) is 6.07. The molecule has 114 valence electrons. The number of ether oxygens (including phenoxy) is 1. The average Bonchev–Trinajstić information content (AvgIpc) is 2.79. The van der Waals surface area contributed by atoms with Gasteiger partial charge in [0.15, 0.2) is 0 Å². The molecule has 1 heterocycles. The van der Waals surface area contributed by atoms with Crippen LogP contribution in [0.25, 0.3) is 0 Å². The molecule has 1 saturated heterocycles. The minimum Gasteiger partial charge on any atom is -0.443 e. The van der Waals surface area contributed by atoms with E-state index < -0.39 is 0 Å². The van der Waals surface area contributed by atoms with Crippen molar-refractivity contribution in [2.75, 3.05) is 24.5 Å². The van der Waals surface area contributed by atoms with Crippen LogP contribution >= 0.6 is 0 Å². The molecule has 1 fully saturated rings. The van der Waals surface area contributed by atoms with Crippen LogP contribution in [0.2, 0.25) is 0 Å². The van der Waals surface area contributed by atoms with Gasteiger partial charge in [0.25, 0.3) is 0 Å². The maximum absolute atomic E-state index is 12.0. The smallest absolute Gasteiger partial charge is 0.414 e. The van der Waals surface area contributed by atoms with Crippen LogP contribution in [0.15, 0.2) is 30.3 Å². The van der Waals surface area contributed by atoms with Gasteiger partial charge in [0.2, 0.25) is 5.91 Å². The first-order valence-corrected chi connectivity index (χ1v) is 7.03. The lowest BCUT2D eigenvalue weighted by Gasteiger charge is -2.26. The van der Waals surface area contributed by atoms with Crippen molar-refractivity contribution in [3.63, 3.8) is 0 Å². The van der Waals surface area contributed by atoms with Crippen LogP contribution < -0.4 is 10.6 Å². The fourth-order valence-electron chi connectivity index (χ4n) is 2.36. The Labute approximate surface area is 124 Å². The molecule has 1 atom stereocenters. The molecule has 0 spiro atoms. The van der Waals surface area contributed by atoms with Gasteiger partial charge in [-0.3, -0.25) is 14.6 Å². The van der Waals surface area contributed by atoms with E-state index in [4.69, 9.17) is 10.5 Å². The van der Waals surface area contributed by atoms with Gasteiger partial charge in [-0.25, -0.2) is 4.79 Å². The van der Waals surface area contributed by atoms with Crippen molar-refractivity contribution >= 4 is 17.7 Å². The molecule has 2 rings (SSSR count). The number of hydrogen-bond donors (Lipinski definition) is 1. The molecule has 0 bridgehead atoms. The monoisotopic (exact) mass is 291 g/mol. The lowest BCUT2D eigenvalue weighted by molar-refractivity contribution is -0.119. The normalized spacial score (nSPS) is 18.4. The lowest BCUT2D eigenvalue weighted by atomic mass is 10.2. The summed E-state index contributed by atoms with van der Waals surface area (Å²) in [6, 6.07) is 9.55. The van der Waals surface area contributed by atoms with Crippen LogP contribution in [-0.2, 0) is 9.53 Å². The van der Waals surface area contributed by atoms with Gasteiger partial charge in [-0.15, -0.1) is 0 Å². The third-order valence-electron chi connectivity index (χ3n) is 3.47. The van der Waals surface area contributed by atoms with E-state index in [2.05, 4.69) is 0 Å². The highest BCUT2D eigenvalue weighted by Gasteiger charge is 2.33. The number of cyclic esters (lactones) is 1. The number of nitrogens with zero attached hydrogens (tertiary/aromatic N) is 2. The first-order chi connectivity index (χ1) is 9.97. The summed E-state index contributed by atoms with van der Waals surface area (Å²) >= 11 is 0. The van der Waals surface area contributed by atoms with Crippen LogP contribution in [0.5, 0.6) is 0 Å². The molecule has 6 nitrogen and oxygen atoms in total. The van der Waals surface area contributed by atoms with Crippen molar-refractivity contribution in [2.45, 2.75) is 26.0 Å². The van der Waals surface area contributed by atoms with Crippen LogP contribution in [-0.4, -0.2) is 48.7 Å². The molecule has 0 radical (unpaired) electrons. The molecule has 6 heteroatoms. The molecule has 2 N–H and O–H groups in total. The number of rotatable bonds is 6. The third kappa shape index (κ3) is 3.95. The van der Waals surface area contributed by atoms with Crippen molar-refractivity contribution in [1.29, 1.82) is 0 Å². The van der Waals surface area contributed by atoms with Gasteiger partial charge < -0.3 is 10.5 Å². The zero-order valence-corrected chi connectivity index (χ0v) is 12.4. The molecule has 21 heavy (non-hydrogen) atoms. The van der Waals surface area contributed by atoms with E-state index in [1.54, 1.807) is 4.90 Å². The number of para-hydroxylation sites is 1. The minimum absolute atomic E-state index is 0.155. The quantitative estimate of drug-likeness (QED) is 0.854. The molecule has 0 aliphatic carbocycles. The average molecular weight is 291 g/mol. The number of nitrogens with two attached hydrogens (primary N) is 1. The number of benzene rings is 1. The molecular weight excluding hydrogens is 270 g/mol. The maximum atomic E-state index is 12.0. The summed E-state index contributed by atoms with van der Waals surface area (Å²) in [5, 5.41) is 0. The second-order valence-electron chi connectivity index (χ2n) is 5.44. The number of amides is 2. The van der Waals surface area contributed by atoms with Crippen LogP contribution in [0, 0.1) is 0 Å². The minimum atomic E-state index is -0.382. The van der Waals surface area contributed by atoms with Crippen molar-refractivity contribution in [1.82, 2.24) is 4.90 Å². The Morgan fingerprint density at radius 3 is 2.67 bits per heavy atom. The summed E-state index contributed by atoms with van der Waals surface area (Å²) < 4.78 is 5.38. The van der Waals surface area contributed by atoms with E-state index in [9.17, 15) is 9.59 Å². The summed E-state index contributed by atoms with van der Waals surface area (Å²) in [6.07, 6.45) is -0.617. The van der Waals surface area contributed by atoms with Gasteiger partial charge in [0, 0.05) is 18.3 Å². The zero-order valence-electron chi connectivity index (χ0n) is 12.4. The predicted octanol–water partition coefficient (Wildman–Crippen LogP) is 1.21. The SMILES string of the molecule is CC(C)N(CC(N)=O)CC1CN(c2ccccc2)C(=O)O1. The largest absolute Gasteiger partial charge is 0.443 e. The van der Waals surface area contributed by atoms with E-state index in [0.29, 0.717) is 13.1 Å². The molecule has 0 saturated carbocycles. The first-order valence-electron chi connectivity index (χ1n) is 7.03. The highest BCUT2D eigenvalue weighted by Crippen LogP contribution is 2.21. The Balaban J connectivity index is 2.00. The maximum Gasteiger partial charge on any atom is 0.414 e. The van der Waals surface area contributed by atoms with Gasteiger partial charge in [0.05, 0.1) is 13.1 Å². The van der Waals surface area contributed by atoms with Gasteiger partial charge in [-0.2, -0.15) is 0 Å². The second kappa shape index (κ2) is 6.58. The van der Waals surface area contributed by atoms with Crippen LogP contribution in [0.1, 0.15) is 13.8 Å². The van der Waals surface area contributed by atoms with E-state index in [0.717, 1.165) is 5.69 Å². The Hall–Kier alpha value is -2.08. The molecule has 1 unspecified atom stereocenters. The molecule has 1 aliphatic heterocycles. The molecule has 0 aromatic heterocycles. The second-order valence-corrected chi connectivity index (χ2v) is 5.44. The van der Waals surface area contributed by atoms with E-state index in [-0.39, 0.29) is 30.7 Å². The van der Waals surface area contributed by atoms with Crippen LogP contribution in [0.3, 0.4) is 0 Å². The number of anilines is 1. The standard InChI is InChI=1S/C15H21N3O3/c1-11(2)17(10-14(16)19)8-13-9-18(15(20)21-13)12-6-4-3-5-7-12/h3-7,11,13H,8-10H2,1-2H3,(H2,16,19). The number of hydrogen-bond acceptors (Lipinski definition) is 4. The van der Waals surface area contributed by atoms with E-state index in [1.807, 2.05) is 49.1 Å². The van der Waals surface area contributed by atoms with Crippen molar-refractivity contribution in [3.8, 4) is 0 Å². The number of carbonyl (C=O) groups excluding carboxylic acids is 2. The van der Waals surface area contributed by atoms with Crippen molar-refractivity contribution in [3.05, 3.63) is 30.3 Å². The van der Waals surface area contributed by atoms with E-state index in [1.165, 1.54) is 0 Å². The molecule has 1 aromatic rings. The molecule has 1 aliphatic rings. The lowest BCUT2D eigenvalue weighted by Crippen LogP contribution is -2.43. The summed E-state index contributed by atoms with van der Waals surface area (Å²) in [6.45, 7) is 5.10. The van der Waals surface area contributed by atoms with Gasteiger partial charge in [-0.1, -0.05) is 18.2 Å². The Morgan fingerprint density at radius 2 is 2.10 bits per heavy atom. The topological polar surface area (TPSA) is 75.9 Å². The predicted molar refractivity (Wildman–Crippen MR) is 80.0 cm³/mol. The fraction of sp³-hybridized carbons (Fsp3) is 0.467. The van der Waals surface area contributed by atoms with E-state index >= 15 is 0 Å². The Morgan fingerprint density at radius 1 is 1.43 bits per heavy atom. The van der Waals surface area contributed by atoms with Gasteiger partial charge in [-0.05, 0) is 26.0 Å². The highest BCUT2D eigenvalue weighted by molar-refractivity contribution is 5.89. The Bertz CT molecular complexity index is 504. The van der Waals surface area contributed by atoms with Crippen LogP contribution in [0.4, 0.5) is 10.5 Å². The Kier molecular flexibility index (Phi) is 4.80. The molecule has 1 aromatic carbocycles. The van der Waals surface area contributed by atoms with Crippen molar-refractivity contribution < 1.29 is 14.3 Å². The third-order valence-corrected chi connectivity index (χ3v) is 3.47. The van der Waals surface area contributed by atoms with Gasteiger partial charge in [0.1, 0.15) is 6.10 Å². The summed E-state index contributed by atoms with van der Waals surface area (Å²) in [7, 11) is 0. The molecular formula is C15H21N3O3. The number of primary amides is 1. The highest BCUT2D eigenvalue weighted by atomic mass is 16.6. The fourth-order valence-corrected chi connectivity index (χ4v) is 2.36. The zero-order chi connectivity index (χ0) is 15.4. The van der Waals surface area contributed by atoms with Gasteiger partial charge >= 0.3 is 6.09 Å². The van der Waals surface area contributed by atoms with Crippen molar-refractivity contribution in [2.24, 2.45) is 5.73 Å². The molecule has 2 amide bonds. The first kappa shape index (κ1) is 15.3. The number of carbonyl (C=O) groups is 2. The summed E-state index contributed by atoms with van der Waals surface area (Å²) in [5.74, 6) is -0.382. The summed E-state index contributed by atoms with van der Waals surface area (Å²) in [4.78, 5) is 26.6.